The zero-order valence-corrected chi connectivity index (χ0v) is 14.9. The van der Waals surface area contributed by atoms with E-state index in [1.165, 1.54) is 19.1 Å². The molecule has 2 aromatic rings. The van der Waals surface area contributed by atoms with Gasteiger partial charge in [-0.1, -0.05) is 30.3 Å². The Kier molecular flexibility index (Phi) is 7.13. The minimum Gasteiger partial charge on any atom is -0.457 e. The van der Waals surface area contributed by atoms with Crippen molar-refractivity contribution < 1.29 is 28.6 Å². The fraction of sp³-hybridized carbons (Fsp3) is 0.150. The second kappa shape index (κ2) is 9.76. The number of para-hydroxylation sites is 1. The van der Waals surface area contributed by atoms with Crippen molar-refractivity contribution in [1.82, 2.24) is 5.32 Å². The van der Waals surface area contributed by atoms with Crippen LogP contribution in [-0.2, 0) is 19.1 Å². The van der Waals surface area contributed by atoms with Crippen LogP contribution in [0.2, 0.25) is 0 Å². The SMILES string of the molecule is COC(=O)NC(=O)[C@@H](C)OC(=O)/C=C/c1cccc(Oc2ccccc2)c1. The van der Waals surface area contributed by atoms with E-state index in [4.69, 9.17) is 9.47 Å². The Morgan fingerprint density at radius 1 is 1.00 bits per heavy atom. The van der Waals surface area contributed by atoms with Crippen molar-refractivity contribution >= 4 is 24.0 Å². The molecule has 2 rings (SSSR count). The quantitative estimate of drug-likeness (QED) is 0.620. The zero-order valence-electron chi connectivity index (χ0n) is 14.9. The standard InChI is InChI=1S/C20H19NO6/c1-14(19(23)21-20(24)25-2)26-18(22)12-11-15-7-6-10-17(13-15)27-16-8-4-3-5-9-16/h3-14H,1-2H3,(H,21,23,24)/b12-11+/t14-/m1/s1. The molecule has 0 bridgehead atoms. The summed E-state index contributed by atoms with van der Waals surface area (Å²) in [4.78, 5) is 34.4. The molecule has 0 aliphatic heterocycles. The summed E-state index contributed by atoms with van der Waals surface area (Å²) in [6.45, 7) is 1.35. The van der Waals surface area contributed by atoms with Gasteiger partial charge in [-0.05, 0) is 42.8 Å². The summed E-state index contributed by atoms with van der Waals surface area (Å²) in [7, 11) is 1.12. The molecule has 7 nitrogen and oxygen atoms in total. The van der Waals surface area contributed by atoms with E-state index in [1.54, 1.807) is 24.3 Å². The van der Waals surface area contributed by atoms with Gasteiger partial charge in [0.15, 0.2) is 6.10 Å². The van der Waals surface area contributed by atoms with E-state index < -0.39 is 24.1 Å². The molecule has 1 atom stereocenters. The smallest absolute Gasteiger partial charge is 0.413 e. The molecule has 27 heavy (non-hydrogen) atoms. The van der Waals surface area contributed by atoms with Crippen molar-refractivity contribution in [1.29, 1.82) is 0 Å². The van der Waals surface area contributed by atoms with Crippen LogP contribution in [0.1, 0.15) is 12.5 Å². The van der Waals surface area contributed by atoms with Crippen LogP contribution in [0.25, 0.3) is 6.08 Å². The Balaban J connectivity index is 1.93. The molecular formula is C20H19NO6. The van der Waals surface area contributed by atoms with E-state index in [0.29, 0.717) is 17.1 Å². The van der Waals surface area contributed by atoms with Crippen molar-refractivity contribution in [2.75, 3.05) is 7.11 Å². The summed E-state index contributed by atoms with van der Waals surface area (Å²) < 4.78 is 14.9. The number of benzene rings is 2. The van der Waals surface area contributed by atoms with Gasteiger partial charge in [0.05, 0.1) is 7.11 Å². The Bertz CT molecular complexity index is 831. The van der Waals surface area contributed by atoms with Crippen LogP contribution in [-0.4, -0.2) is 31.2 Å². The van der Waals surface area contributed by atoms with E-state index in [9.17, 15) is 14.4 Å². The molecule has 0 saturated heterocycles. The third-order valence-corrected chi connectivity index (χ3v) is 3.32. The van der Waals surface area contributed by atoms with Crippen LogP contribution in [0.5, 0.6) is 11.5 Å². The molecule has 0 aromatic heterocycles. The maximum absolute atomic E-state index is 11.8. The van der Waals surface area contributed by atoms with E-state index in [0.717, 1.165) is 7.11 Å². The third kappa shape index (κ3) is 6.66. The average Bonchev–Trinajstić information content (AvgIpc) is 2.67. The summed E-state index contributed by atoms with van der Waals surface area (Å²) in [6, 6.07) is 16.4. The highest BCUT2D eigenvalue weighted by Crippen LogP contribution is 2.22. The van der Waals surface area contributed by atoms with Crippen LogP contribution < -0.4 is 10.1 Å². The van der Waals surface area contributed by atoms with Crippen LogP contribution >= 0.6 is 0 Å². The fourth-order valence-electron chi connectivity index (χ4n) is 1.99. The van der Waals surface area contributed by atoms with Gasteiger partial charge in [0.25, 0.3) is 5.91 Å². The topological polar surface area (TPSA) is 90.9 Å². The van der Waals surface area contributed by atoms with Crippen molar-refractivity contribution in [2.24, 2.45) is 0 Å². The second-order valence-corrected chi connectivity index (χ2v) is 5.38. The van der Waals surface area contributed by atoms with Gasteiger partial charge in [-0.3, -0.25) is 10.1 Å². The van der Waals surface area contributed by atoms with E-state index in [1.807, 2.05) is 35.6 Å². The number of nitrogens with one attached hydrogen (secondary N) is 1. The number of esters is 1. The van der Waals surface area contributed by atoms with Crippen molar-refractivity contribution in [2.45, 2.75) is 13.0 Å². The van der Waals surface area contributed by atoms with Crippen molar-refractivity contribution in [3.63, 3.8) is 0 Å². The minimum atomic E-state index is -1.14. The number of alkyl carbamates (subject to hydrolysis) is 1. The number of carbonyl (C=O) groups excluding carboxylic acids is 3. The lowest BCUT2D eigenvalue weighted by molar-refractivity contribution is -0.149. The molecule has 2 amide bonds. The summed E-state index contributed by atoms with van der Waals surface area (Å²) in [6.07, 6.45) is 0.650. The molecule has 0 spiro atoms. The maximum atomic E-state index is 11.8. The van der Waals surface area contributed by atoms with Gasteiger partial charge < -0.3 is 14.2 Å². The normalized spacial score (nSPS) is 11.5. The number of hydrogen-bond donors (Lipinski definition) is 1. The van der Waals surface area contributed by atoms with Gasteiger partial charge in [-0.15, -0.1) is 0 Å². The average molecular weight is 369 g/mol. The zero-order chi connectivity index (χ0) is 19.6. The monoisotopic (exact) mass is 369 g/mol. The number of ether oxygens (including phenoxy) is 3. The maximum Gasteiger partial charge on any atom is 0.413 e. The summed E-state index contributed by atoms with van der Waals surface area (Å²) in [5.41, 5.74) is 0.715. The molecule has 2 aromatic carbocycles. The first-order valence-electron chi connectivity index (χ1n) is 8.08. The molecular weight excluding hydrogens is 350 g/mol. The summed E-state index contributed by atoms with van der Waals surface area (Å²) >= 11 is 0. The number of amides is 2. The predicted molar refractivity (Wildman–Crippen MR) is 98.1 cm³/mol. The molecule has 7 heteroatoms. The Morgan fingerprint density at radius 2 is 1.70 bits per heavy atom. The van der Waals surface area contributed by atoms with E-state index in [2.05, 4.69) is 4.74 Å². The van der Waals surface area contributed by atoms with Gasteiger partial charge in [0.2, 0.25) is 0 Å². The third-order valence-electron chi connectivity index (χ3n) is 3.32. The molecule has 0 fully saturated rings. The van der Waals surface area contributed by atoms with Crippen LogP contribution in [0.3, 0.4) is 0 Å². The van der Waals surface area contributed by atoms with Crippen LogP contribution in [0, 0.1) is 0 Å². The molecule has 1 N–H and O–H groups in total. The highest BCUT2D eigenvalue weighted by molar-refractivity contribution is 5.96. The van der Waals surface area contributed by atoms with Gasteiger partial charge >= 0.3 is 12.1 Å². The first-order chi connectivity index (χ1) is 13.0. The highest BCUT2D eigenvalue weighted by Gasteiger charge is 2.19. The molecule has 0 saturated carbocycles. The highest BCUT2D eigenvalue weighted by atomic mass is 16.6. The van der Waals surface area contributed by atoms with Gasteiger partial charge in [-0.25, -0.2) is 9.59 Å². The number of methoxy groups -OCH3 is 1. The minimum absolute atomic E-state index is 0.613. The first kappa shape index (κ1) is 19.7. The largest absolute Gasteiger partial charge is 0.457 e. The molecule has 0 unspecified atom stereocenters. The van der Waals surface area contributed by atoms with Crippen LogP contribution in [0.4, 0.5) is 4.79 Å². The lowest BCUT2D eigenvalue weighted by Gasteiger charge is -2.10. The van der Waals surface area contributed by atoms with Crippen LogP contribution in [0.15, 0.2) is 60.7 Å². The number of carbonyl (C=O) groups is 3. The van der Waals surface area contributed by atoms with Crippen molar-refractivity contribution in [3.05, 3.63) is 66.2 Å². The van der Waals surface area contributed by atoms with Gasteiger partial charge in [0.1, 0.15) is 11.5 Å². The van der Waals surface area contributed by atoms with Gasteiger partial charge in [-0.2, -0.15) is 0 Å². The Hall–Kier alpha value is -3.61. The molecule has 0 aliphatic rings. The number of rotatable bonds is 6. The summed E-state index contributed by atoms with van der Waals surface area (Å²) in [5.74, 6) is -0.190. The lowest BCUT2D eigenvalue weighted by atomic mass is 10.2. The van der Waals surface area contributed by atoms with E-state index in [-0.39, 0.29) is 0 Å². The number of imide groups is 1. The lowest BCUT2D eigenvalue weighted by Crippen LogP contribution is -2.39. The summed E-state index contributed by atoms with van der Waals surface area (Å²) in [5, 5.41) is 1.92. The molecule has 0 aliphatic carbocycles. The number of hydrogen-bond acceptors (Lipinski definition) is 6. The van der Waals surface area contributed by atoms with E-state index >= 15 is 0 Å². The molecule has 0 radical (unpaired) electrons. The fourth-order valence-corrected chi connectivity index (χ4v) is 1.99. The molecule has 140 valence electrons. The Morgan fingerprint density at radius 3 is 2.41 bits per heavy atom. The Labute approximate surface area is 156 Å². The molecule has 0 heterocycles. The van der Waals surface area contributed by atoms with Gasteiger partial charge in [0, 0.05) is 6.08 Å². The second-order valence-electron chi connectivity index (χ2n) is 5.38. The van der Waals surface area contributed by atoms with Crippen molar-refractivity contribution in [3.8, 4) is 11.5 Å². The predicted octanol–water partition coefficient (Wildman–Crippen LogP) is 3.31. The first-order valence-corrected chi connectivity index (χ1v) is 8.08.